The second-order valence-corrected chi connectivity index (χ2v) is 4.67. The van der Waals surface area contributed by atoms with Crippen molar-refractivity contribution < 1.29 is 14.6 Å². The molecule has 4 nitrogen and oxygen atoms in total. The first-order valence-corrected chi connectivity index (χ1v) is 6.76. The van der Waals surface area contributed by atoms with Crippen molar-refractivity contribution in [3.05, 3.63) is 30.3 Å². The molecule has 0 heterocycles. The molecule has 0 saturated carbocycles. The minimum Gasteiger partial charge on any atom is -0.494 e. The van der Waals surface area contributed by atoms with E-state index in [1.165, 1.54) is 0 Å². The molecule has 1 rings (SSSR count). The normalized spacial score (nSPS) is 10.6. The second-order valence-electron chi connectivity index (χ2n) is 4.67. The number of unbranched alkanes of at least 4 members (excludes halogenated alkanes) is 2. The summed E-state index contributed by atoms with van der Waals surface area (Å²) in [6.07, 6.45) is 3.42. The Hall–Kier alpha value is -1.55. The number of aliphatic carboxylic acids is 1. The number of nitrogens with zero attached hydrogens (tertiary/aromatic N) is 1. The van der Waals surface area contributed by atoms with Gasteiger partial charge in [-0.25, -0.2) is 0 Å². The number of carboxylic acids is 1. The van der Waals surface area contributed by atoms with Gasteiger partial charge in [0, 0.05) is 6.54 Å². The molecule has 0 unspecified atom stereocenters. The topological polar surface area (TPSA) is 49.8 Å². The van der Waals surface area contributed by atoms with Gasteiger partial charge in [0.1, 0.15) is 5.75 Å². The van der Waals surface area contributed by atoms with E-state index in [-0.39, 0.29) is 6.42 Å². The molecule has 0 fully saturated rings. The lowest BCUT2D eigenvalue weighted by molar-refractivity contribution is -0.137. The minimum absolute atomic E-state index is 0.216. The van der Waals surface area contributed by atoms with Gasteiger partial charge in [0.25, 0.3) is 0 Å². The number of carboxylic acid groups (broad SMARTS) is 1. The average Bonchev–Trinajstić information content (AvgIpc) is 2.41. The van der Waals surface area contributed by atoms with Gasteiger partial charge in [-0.2, -0.15) is 0 Å². The molecule has 1 aromatic rings. The Morgan fingerprint density at radius 1 is 1.16 bits per heavy atom. The first-order valence-electron chi connectivity index (χ1n) is 6.76. The van der Waals surface area contributed by atoms with E-state index in [1.54, 1.807) is 0 Å². The number of hydrogen-bond donors (Lipinski definition) is 1. The third kappa shape index (κ3) is 8.21. The van der Waals surface area contributed by atoms with Gasteiger partial charge in [0.15, 0.2) is 0 Å². The Kier molecular flexibility index (Phi) is 7.66. The van der Waals surface area contributed by atoms with Crippen LogP contribution in [-0.4, -0.2) is 42.7 Å². The summed E-state index contributed by atoms with van der Waals surface area (Å²) in [7, 11) is 1.96. The van der Waals surface area contributed by atoms with Gasteiger partial charge in [-0.05, 0) is 45.0 Å². The summed E-state index contributed by atoms with van der Waals surface area (Å²) in [6, 6.07) is 9.82. The standard InChI is InChI=1S/C15H23NO3/c1-16(12-10-15(17)18)11-6-3-7-13-19-14-8-4-2-5-9-14/h2,4-5,8-9H,3,6-7,10-13H2,1H3,(H,17,18). The lowest BCUT2D eigenvalue weighted by atomic mass is 10.2. The molecule has 1 N–H and O–H groups in total. The van der Waals surface area contributed by atoms with Gasteiger partial charge < -0.3 is 14.7 Å². The number of carbonyl (C=O) groups is 1. The van der Waals surface area contributed by atoms with Crippen molar-refractivity contribution >= 4 is 5.97 Å². The van der Waals surface area contributed by atoms with Crippen LogP contribution >= 0.6 is 0 Å². The molecule has 0 spiro atoms. The molecule has 0 aliphatic heterocycles. The van der Waals surface area contributed by atoms with Crippen LogP contribution in [0.2, 0.25) is 0 Å². The van der Waals surface area contributed by atoms with Crippen molar-refractivity contribution in [1.29, 1.82) is 0 Å². The highest BCUT2D eigenvalue weighted by atomic mass is 16.5. The molecular formula is C15H23NO3. The lowest BCUT2D eigenvalue weighted by Gasteiger charge is -2.14. The maximum Gasteiger partial charge on any atom is 0.304 e. The fourth-order valence-corrected chi connectivity index (χ4v) is 1.77. The molecule has 1 aromatic carbocycles. The summed E-state index contributed by atoms with van der Waals surface area (Å²) < 4.78 is 5.60. The van der Waals surface area contributed by atoms with Crippen LogP contribution in [0.25, 0.3) is 0 Å². The predicted molar refractivity (Wildman–Crippen MR) is 75.5 cm³/mol. The van der Waals surface area contributed by atoms with Gasteiger partial charge in [0.2, 0.25) is 0 Å². The monoisotopic (exact) mass is 265 g/mol. The smallest absolute Gasteiger partial charge is 0.304 e. The molecule has 0 amide bonds. The second kappa shape index (κ2) is 9.39. The third-order valence-corrected chi connectivity index (χ3v) is 2.90. The van der Waals surface area contributed by atoms with Crippen molar-refractivity contribution in [2.75, 3.05) is 26.7 Å². The molecule has 106 valence electrons. The van der Waals surface area contributed by atoms with Crippen LogP contribution in [0.4, 0.5) is 0 Å². The molecule has 0 saturated heterocycles. The summed E-state index contributed by atoms with van der Waals surface area (Å²) in [5, 5.41) is 8.57. The zero-order valence-electron chi connectivity index (χ0n) is 11.5. The van der Waals surface area contributed by atoms with E-state index in [0.29, 0.717) is 6.54 Å². The minimum atomic E-state index is -0.733. The van der Waals surface area contributed by atoms with E-state index in [4.69, 9.17) is 9.84 Å². The van der Waals surface area contributed by atoms with Gasteiger partial charge in [0.05, 0.1) is 13.0 Å². The largest absolute Gasteiger partial charge is 0.494 e. The maximum atomic E-state index is 10.4. The van der Waals surface area contributed by atoms with Crippen LogP contribution in [0.15, 0.2) is 30.3 Å². The highest BCUT2D eigenvalue weighted by Gasteiger charge is 2.02. The van der Waals surface area contributed by atoms with Crippen molar-refractivity contribution in [2.45, 2.75) is 25.7 Å². The van der Waals surface area contributed by atoms with Gasteiger partial charge >= 0.3 is 5.97 Å². The molecule has 0 aromatic heterocycles. The molecule has 0 aliphatic carbocycles. The fourth-order valence-electron chi connectivity index (χ4n) is 1.77. The molecule has 4 heteroatoms. The van der Waals surface area contributed by atoms with Gasteiger partial charge in [-0.15, -0.1) is 0 Å². The average molecular weight is 265 g/mol. The highest BCUT2D eigenvalue weighted by molar-refractivity contribution is 5.66. The van der Waals surface area contributed by atoms with Crippen LogP contribution in [0.3, 0.4) is 0 Å². The van der Waals surface area contributed by atoms with Crippen molar-refractivity contribution in [1.82, 2.24) is 4.90 Å². The zero-order chi connectivity index (χ0) is 13.9. The fraction of sp³-hybridized carbons (Fsp3) is 0.533. The highest BCUT2D eigenvalue weighted by Crippen LogP contribution is 2.09. The Morgan fingerprint density at radius 2 is 1.89 bits per heavy atom. The van der Waals surface area contributed by atoms with E-state index < -0.39 is 5.97 Å². The van der Waals surface area contributed by atoms with Crippen molar-refractivity contribution in [3.8, 4) is 5.75 Å². The number of hydrogen-bond acceptors (Lipinski definition) is 3. The molecule has 19 heavy (non-hydrogen) atoms. The Labute approximate surface area is 115 Å². The molecular weight excluding hydrogens is 242 g/mol. The van der Waals surface area contributed by atoms with Crippen molar-refractivity contribution in [2.24, 2.45) is 0 Å². The Bertz CT molecular complexity index is 354. The maximum absolute atomic E-state index is 10.4. The summed E-state index contributed by atoms with van der Waals surface area (Å²) in [4.78, 5) is 12.5. The number of benzene rings is 1. The molecule has 0 aliphatic rings. The summed E-state index contributed by atoms with van der Waals surface area (Å²) >= 11 is 0. The van der Waals surface area contributed by atoms with E-state index in [9.17, 15) is 4.79 Å². The van der Waals surface area contributed by atoms with Gasteiger partial charge in [-0.1, -0.05) is 18.2 Å². The Balaban J connectivity index is 1.95. The van der Waals surface area contributed by atoms with Gasteiger partial charge in [-0.3, -0.25) is 4.79 Å². The van der Waals surface area contributed by atoms with E-state index >= 15 is 0 Å². The summed E-state index contributed by atoms with van der Waals surface area (Å²) in [5.74, 6) is 0.184. The van der Waals surface area contributed by atoms with Crippen LogP contribution in [0, 0.1) is 0 Å². The van der Waals surface area contributed by atoms with Crippen LogP contribution in [0.1, 0.15) is 25.7 Å². The van der Waals surface area contributed by atoms with E-state index in [1.807, 2.05) is 37.4 Å². The van der Waals surface area contributed by atoms with Crippen LogP contribution in [0.5, 0.6) is 5.75 Å². The van der Waals surface area contributed by atoms with Crippen LogP contribution in [-0.2, 0) is 4.79 Å². The number of rotatable bonds is 10. The predicted octanol–water partition coefficient (Wildman–Crippen LogP) is 2.64. The molecule has 0 bridgehead atoms. The summed E-state index contributed by atoms with van der Waals surface area (Å²) in [6.45, 7) is 2.30. The summed E-state index contributed by atoms with van der Waals surface area (Å²) in [5.41, 5.74) is 0. The molecule has 0 radical (unpaired) electrons. The van der Waals surface area contributed by atoms with E-state index in [0.717, 1.165) is 38.2 Å². The zero-order valence-corrected chi connectivity index (χ0v) is 11.5. The van der Waals surface area contributed by atoms with Crippen LogP contribution < -0.4 is 4.74 Å². The number of para-hydroxylation sites is 1. The SMILES string of the molecule is CN(CCCCCOc1ccccc1)CCC(=O)O. The lowest BCUT2D eigenvalue weighted by Crippen LogP contribution is -2.22. The third-order valence-electron chi connectivity index (χ3n) is 2.90. The quantitative estimate of drug-likeness (QED) is 0.661. The van der Waals surface area contributed by atoms with E-state index in [2.05, 4.69) is 4.90 Å². The molecule has 0 atom stereocenters. The first kappa shape index (κ1) is 15.5. The Morgan fingerprint density at radius 3 is 2.58 bits per heavy atom. The number of ether oxygens (including phenoxy) is 1. The van der Waals surface area contributed by atoms with Crippen molar-refractivity contribution in [3.63, 3.8) is 0 Å². The first-order chi connectivity index (χ1) is 9.18.